The smallest absolute Gasteiger partial charge is 0.227 e. The molecule has 0 N–H and O–H groups in total. The molecule has 3 aromatic carbocycles. The highest BCUT2D eigenvalue weighted by Gasteiger charge is 2.26. The standard InChI is InChI=1S/C28H16N2O3/c1-3-10-21-17(7-1)15-23(32-21)27-25-18-8-2-4-11-22(18)33-24(25)16-19(20-9-5-6-12-29-20)26(27)28-30-13-14-31-28/h1-16H. The Bertz CT molecular complexity index is 1730. The highest BCUT2D eigenvalue weighted by Crippen LogP contribution is 2.48. The van der Waals surface area contributed by atoms with E-state index in [4.69, 9.17) is 13.3 Å². The van der Waals surface area contributed by atoms with Gasteiger partial charge in [0.25, 0.3) is 0 Å². The third-order valence-corrected chi connectivity index (χ3v) is 5.93. The van der Waals surface area contributed by atoms with Crippen LogP contribution in [0.1, 0.15) is 0 Å². The summed E-state index contributed by atoms with van der Waals surface area (Å²) in [6, 6.07) is 25.9. The van der Waals surface area contributed by atoms with Crippen molar-refractivity contribution in [1.29, 1.82) is 0 Å². The minimum Gasteiger partial charge on any atom is -0.456 e. The zero-order valence-electron chi connectivity index (χ0n) is 17.4. The van der Waals surface area contributed by atoms with Crippen LogP contribution < -0.4 is 0 Å². The molecule has 0 fully saturated rings. The number of benzene rings is 3. The monoisotopic (exact) mass is 428 g/mol. The van der Waals surface area contributed by atoms with E-state index in [0.29, 0.717) is 5.89 Å². The van der Waals surface area contributed by atoms with Crippen LogP contribution in [0.3, 0.4) is 0 Å². The molecule has 4 aromatic heterocycles. The second kappa shape index (κ2) is 6.93. The van der Waals surface area contributed by atoms with E-state index in [-0.39, 0.29) is 0 Å². The SMILES string of the molecule is c1ccc(-c2cc3oc4ccccc4c3c(-c3cc4ccccc4o3)c2-c2ncco2)nc1. The van der Waals surface area contributed by atoms with Gasteiger partial charge >= 0.3 is 0 Å². The molecule has 0 amide bonds. The van der Waals surface area contributed by atoms with Gasteiger partial charge in [0.1, 0.15) is 28.8 Å². The zero-order valence-corrected chi connectivity index (χ0v) is 17.4. The molecule has 0 aliphatic carbocycles. The molecular formula is C28H16N2O3. The van der Waals surface area contributed by atoms with Crippen molar-refractivity contribution in [2.45, 2.75) is 0 Å². The highest BCUT2D eigenvalue weighted by molar-refractivity contribution is 6.17. The van der Waals surface area contributed by atoms with Crippen molar-refractivity contribution in [1.82, 2.24) is 9.97 Å². The predicted molar refractivity (Wildman–Crippen MR) is 128 cm³/mol. The van der Waals surface area contributed by atoms with Crippen molar-refractivity contribution >= 4 is 32.9 Å². The van der Waals surface area contributed by atoms with E-state index in [1.807, 2.05) is 66.7 Å². The van der Waals surface area contributed by atoms with Gasteiger partial charge in [-0.2, -0.15) is 0 Å². The Hall–Kier alpha value is -4.64. The average Bonchev–Trinajstić information content (AvgIpc) is 3.61. The van der Waals surface area contributed by atoms with Gasteiger partial charge in [0.15, 0.2) is 0 Å². The molecule has 0 bridgehead atoms. The van der Waals surface area contributed by atoms with Crippen molar-refractivity contribution in [3.63, 3.8) is 0 Å². The first-order chi connectivity index (χ1) is 16.4. The third-order valence-electron chi connectivity index (χ3n) is 5.93. The summed E-state index contributed by atoms with van der Waals surface area (Å²) in [6.45, 7) is 0. The maximum Gasteiger partial charge on any atom is 0.227 e. The first-order valence-corrected chi connectivity index (χ1v) is 10.7. The number of aromatic nitrogens is 2. The molecule has 0 radical (unpaired) electrons. The number of para-hydroxylation sites is 2. The molecule has 4 heterocycles. The average molecular weight is 428 g/mol. The summed E-state index contributed by atoms with van der Waals surface area (Å²) in [7, 11) is 0. The molecule has 0 saturated heterocycles. The van der Waals surface area contributed by atoms with E-state index in [9.17, 15) is 0 Å². The second-order valence-corrected chi connectivity index (χ2v) is 7.85. The molecule has 0 atom stereocenters. The molecule has 5 heteroatoms. The number of furan rings is 2. The Labute approximate surface area is 187 Å². The molecule has 0 aliphatic heterocycles. The zero-order chi connectivity index (χ0) is 21.8. The summed E-state index contributed by atoms with van der Waals surface area (Å²) >= 11 is 0. The van der Waals surface area contributed by atoms with Gasteiger partial charge in [-0.25, -0.2) is 4.98 Å². The number of pyridine rings is 1. The first kappa shape index (κ1) is 18.0. The minimum absolute atomic E-state index is 0.498. The molecule has 0 aliphatic rings. The number of hydrogen-bond acceptors (Lipinski definition) is 5. The molecule has 7 rings (SSSR count). The topological polar surface area (TPSA) is 65.2 Å². The van der Waals surface area contributed by atoms with Crippen molar-refractivity contribution in [2.24, 2.45) is 0 Å². The Balaban J connectivity index is 1.71. The van der Waals surface area contributed by atoms with E-state index in [1.165, 1.54) is 0 Å². The lowest BCUT2D eigenvalue weighted by Gasteiger charge is -2.12. The van der Waals surface area contributed by atoms with Crippen LogP contribution in [0.5, 0.6) is 0 Å². The first-order valence-electron chi connectivity index (χ1n) is 10.7. The largest absolute Gasteiger partial charge is 0.456 e. The van der Waals surface area contributed by atoms with Crippen LogP contribution in [0.15, 0.2) is 111 Å². The van der Waals surface area contributed by atoms with E-state index < -0.39 is 0 Å². The van der Waals surface area contributed by atoms with Gasteiger partial charge in [0.2, 0.25) is 5.89 Å². The lowest BCUT2D eigenvalue weighted by atomic mass is 9.92. The van der Waals surface area contributed by atoms with Crippen LogP contribution in [-0.4, -0.2) is 9.97 Å². The highest BCUT2D eigenvalue weighted by atomic mass is 16.3. The van der Waals surface area contributed by atoms with Crippen LogP contribution in [-0.2, 0) is 0 Å². The van der Waals surface area contributed by atoms with Crippen molar-refractivity contribution in [3.05, 3.63) is 97.5 Å². The normalized spacial score (nSPS) is 11.6. The third kappa shape index (κ3) is 2.72. The summed E-state index contributed by atoms with van der Waals surface area (Å²) in [5.41, 5.74) is 5.72. The van der Waals surface area contributed by atoms with Gasteiger partial charge < -0.3 is 13.3 Å². The van der Waals surface area contributed by atoms with Crippen molar-refractivity contribution in [2.75, 3.05) is 0 Å². The van der Waals surface area contributed by atoms with E-state index >= 15 is 0 Å². The lowest BCUT2D eigenvalue weighted by Crippen LogP contribution is -1.93. The molecule has 5 nitrogen and oxygen atoms in total. The maximum atomic E-state index is 6.38. The maximum absolute atomic E-state index is 6.38. The van der Waals surface area contributed by atoms with Crippen LogP contribution in [0.25, 0.3) is 66.9 Å². The van der Waals surface area contributed by atoms with Gasteiger partial charge in [-0.3, -0.25) is 4.98 Å². The second-order valence-electron chi connectivity index (χ2n) is 7.85. The summed E-state index contributed by atoms with van der Waals surface area (Å²) < 4.78 is 18.5. The molecule has 0 saturated carbocycles. The van der Waals surface area contributed by atoms with E-state index in [1.54, 1.807) is 18.7 Å². The summed E-state index contributed by atoms with van der Waals surface area (Å²) in [6.07, 6.45) is 5.01. The summed E-state index contributed by atoms with van der Waals surface area (Å²) in [4.78, 5) is 9.13. The molecule has 0 unspecified atom stereocenters. The molecular weight excluding hydrogens is 412 g/mol. The Morgan fingerprint density at radius 3 is 2.30 bits per heavy atom. The van der Waals surface area contributed by atoms with Crippen molar-refractivity contribution in [3.8, 4) is 34.0 Å². The Morgan fingerprint density at radius 2 is 1.48 bits per heavy atom. The fourth-order valence-electron chi connectivity index (χ4n) is 4.53. The molecule has 156 valence electrons. The van der Waals surface area contributed by atoms with E-state index in [0.717, 1.165) is 61.1 Å². The quantitative estimate of drug-likeness (QED) is 0.288. The summed E-state index contributed by atoms with van der Waals surface area (Å²) in [5.74, 6) is 1.22. The summed E-state index contributed by atoms with van der Waals surface area (Å²) in [5, 5.41) is 2.98. The number of fused-ring (bicyclic) bond motifs is 4. The molecule has 33 heavy (non-hydrogen) atoms. The number of rotatable bonds is 3. The number of hydrogen-bond donors (Lipinski definition) is 0. The number of oxazole rings is 1. The fourth-order valence-corrected chi connectivity index (χ4v) is 4.53. The van der Waals surface area contributed by atoms with Gasteiger partial charge in [-0.15, -0.1) is 0 Å². The van der Waals surface area contributed by atoms with Crippen molar-refractivity contribution < 1.29 is 13.3 Å². The van der Waals surface area contributed by atoms with Crippen LogP contribution in [0.4, 0.5) is 0 Å². The van der Waals surface area contributed by atoms with Gasteiger partial charge in [0.05, 0.1) is 17.5 Å². The minimum atomic E-state index is 0.498. The van der Waals surface area contributed by atoms with Crippen LogP contribution >= 0.6 is 0 Å². The fraction of sp³-hybridized carbons (Fsp3) is 0. The molecule has 7 aromatic rings. The Morgan fingerprint density at radius 1 is 0.636 bits per heavy atom. The van der Waals surface area contributed by atoms with Crippen LogP contribution in [0.2, 0.25) is 0 Å². The Kier molecular flexibility index (Phi) is 3.78. The lowest BCUT2D eigenvalue weighted by molar-refractivity contribution is 0.574. The van der Waals surface area contributed by atoms with Gasteiger partial charge in [-0.1, -0.05) is 42.5 Å². The molecule has 0 spiro atoms. The number of nitrogens with zero attached hydrogens (tertiary/aromatic N) is 2. The predicted octanol–water partition coefficient (Wildman–Crippen LogP) is 7.72. The van der Waals surface area contributed by atoms with Crippen LogP contribution in [0, 0.1) is 0 Å². The van der Waals surface area contributed by atoms with E-state index in [2.05, 4.69) is 22.1 Å². The van der Waals surface area contributed by atoms with Gasteiger partial charge in [-0.05, 0) is 36.4 Å². The van der Waals surface area contributed by atoms with Gasteiger partial charge in [0, 0.05) is 33.5 Å².